The van der Waals surface area contributed by atoms with Crippen LogP contribution in [0.2, 0.25) is 0 Å². The van der Waals surface area contributed by atoms with Gasteiger partial charge in [-0.05, 0) is 55.4 Å². The standard InChI is InChI=1S/C21H29N3O4S/c1-16(11-15-28-18-4-6-19(7-5-18)29(3,25)26)17-9-13-24(14-10-17)21-22-12-8-20(23-21)27-2/h4-8,12,16-17H,9-11,13-15H2,1-3H3/t16-/m1/s1. The van der Waals surface area contributed by atoms with E-state index in [-0.39, 0.29) is 0 Å². The van der Waals surface area contributed by atoms with E-state index in [1.165, 1.54) is 6.26 Å². The average molecular weight is 420 g/mol. The van der Waals surface area contributed by atoms with Crippen LogP contribution in [0, 0.1) is 11.8 Å². The van der Waals surface area contributed by atoms with Crippen LogP contribution < -0.4 is 14.4 Å². The number of sulfone groups is 1. The summed E-state index contributed by atoms with van der Waals surface area (Å²) in [5, 5.41) is 0. The highest BCUT2D eigenvalue weighted by Gasteiger charge is 2.25. The van der Waals surface area contributed by atoms with E-state index < -0.39 is 9.84 Å². The molecule has 8 heteroatoms. The summed E-state index contributed by atoms with van der Waals surface area (Å²) in [6, 6.07) is 8.36. The molecule has 2 heterocycles. The molecule has 1 aromatic carbocycles. The maximum Gasteiger partial charge on any atom is 0.228 e. The summed E-state index contributed by atoms with van der Waals surface area (Å²) in [6.07, 6.45) is 6.11. The van der Waals surface area contributed by atoms with Crippen molar-refractivity contribution in [3.05, 3.63) is 36.5 Å². The number of benzene rings is 1. The zero-order valence-corrected chi connectivity index (χ0v) is 18.1. The van der Waals surface area contributed by atoms with Crippen molar-refractivity contribution in [3.8, 4) is 11.6 Å². The molecule has 2 aromatic rings. The first-order chi connectivity index (χ1) is 13.9. The third kappa shape index (κ3) is 5.82. The molecule has 7 nitrogen and oxygen atoms in total. The molecule has 1 saturated heterocycles. The molecule has 0 saturated carbocycles. The Hall–Kier alpha value is -2.35. The number of ether oxygens (including phenoxy) is 2. The lowest BCUT2D eigenvalue weighted by atomic mass is 9.84. The lowest BCUT2D eigenvalue weighted by Crippen LogP contribution is -2.37. The second kappa shape index (κ2) is 9.43. The van der Waals surface area contributed by atoms with Crippen LogP contribution in [0.25, 0.3) is 0 Å². The third-order valence-electron chi connectivity index (χ3n) is 5.55. The molecule has 0 amide bonds. The molecule has 0 N–H and O–H groups in total. The van der Waals surface area contributed by atoms with E-state index >= 15 is 0 Å². The number of hydrogen-bond donors (Lipinski definition) is 0. The second-order valence-electron chi connectivity index (χ2n) is 7.58. The molecular weight excluding hydrogens is 390 g/mol. The lowest BCUT2D eigenvalue weighted by molar-refractivity contribution is 0.222. The smallest absolute Gasteiger partial charge is 0.228 e. The molecule has 3 rings (SSSR count). The number of nitrogens with zero attached hydrogens (tertiary/aromatic N) is 3. The Morgan fingerprint density at radius 3 is 2.48 bits per heavy atom. The summed E-state index contributed by atoms with van der Waals surface area (Å²) in [7, 11) is -1.56. The van der Waals surface area contributed by atoms with Crippen molar-refractivity contribution < 1.29 is 17.9 Å². The summed E-state index contributed by atoms with van der Waals surface area (Å²) in [5.74, 6) is 3.23. The summed E-state index contributed by atoms with van der Waals surface area (Å²) in [4.78, 5) is 11.3. The predicted octanol–water partition coefficient (Wildman–Crippen LogP) is 3.21. The Balaban J connectivity index is 1.43. The van der Waals surface area contributed by atoms with Crippen molar-refractivity contribution in [2.75, 3.05) is 38.0 Å². The van der Waals surface area contributed by atoms with Crippen molar-refractivity contribution in [2.24, 2.45) is 11.8 Å². The van der Waals surface area contributed by atoms with Crippen LogP contribution in [-0.4, -0.2) is 51.4 Å². The molecular formula is C21H29N3O4S. The van der Waals surface area contributed by atoms with E-state index in [0.29, 0.717) is 35.0 Å². The molecule has 0 aliphatic carbocycles. The molecule has 0 unspecified atom stereocenters. The molecule has 0 radical (unpaired) electrons. The van der Waals surface area contributed by atoms with Gasteiger partial charge in [0.1, 0.15) is 5.75 Å². The van der Waals surface area contributed by atoms with Crippen molar-refractivity contribution in [3.63, 3.8) is 0 Å². The summed E-state index contributed by atoms with van der Waals surface area (Å²) < 4.78 is 34.0. The molecule has 1 aromatic heterocycles. The third-order valence-corrected chi connectivity index (χ3v) is 6.68. The van der Waals surface area contributed by atoms with Gasteiger partial charge in [0.05, 0.1) is 18.6 Å². The monoisotopic (exact) mass is 419 g/mol. The van der Waals surface area contributed by atoms with Gasteiger partial charge in [-0.15, -0.1) is 0 Å². The first-order valence-corrected chi connectivity index (χ1v) is 11.8. The molecule has 0 spiro atoms. The quantitative estimate of drug-likeness (QED) is 0.650. The Morgan fingerprint density at radius 2 is 1.86 bits per heavy atom. The Morgan fingerprint density at radius 1 is 1.17 bits per heavy atom. The minimum atomic E-state index is -3.17. The number of piperidine rings is 1. The van der Waals surface area contributed by atoms with Crippen LogP contribution in [0.15, 0.2) is 41.4 Å². The van der Waals surface area contributed by atoms with Gasteiger partial charge in [0.25, 0.3) is 0 Å². The summed E-state index contributed by atoms with van der Waals surface area (Å²) in [6.45, 7) is 4.78. The van der Waals surface area contributed by atoms with Gasteiger partial charge in [0.2, 0.25) is 11.8 Å². The van der Waals surface area contributed by atoms with Gasteiger partial charge in [-0.25, -0.2) is 13.4 Å². The Kier molecular flexibility index (Phi) is 6.95. The average Bonchev–Trinajstić information content (AvgIpc) is 2.73. The van der Waals surface area contributed by atoms with Crippen LogP contribution >= 0.6 is 0 Å². The largest absolute Gasteiger partial charge is 0.494 e. The second-order valence-corrected chi connectivity index (χ2v) is 9.60. The van der Waals surface area contributed by atoms with Crippen molar-refractivity contribution in [1.29, 1.82) is 0 Å². The fourth-order valence-electron chi connectivity index (χ4n) is 3.65. The van der Waals surface area contributed by atoms with Crippen LogP contribution in [-0.2, 0) is 9.84 Å². The minimum Gasteiger partial charge on any atom is -0.494 e. The van der Waals surface area contributed by atoms with Crippen molar-refractivity contribution >= 4 is 15.8 Å². The highest BCUT2D eigenvalue weighted by molar-refractivity contribution is 7.90. The van der Waals surface area contributed by atoms with Gasteiger partial charge < -0.3 is 14.4 Å². The van der Waals surface area contributed by atoms with Gasteiger partial charge >= 0.3 is 0 Å². The number of hydrogen-bond acceptors (Lipinski definition) is 7. The predicted molar refractivity (Wildman–Crippen MR) is 112 cm³/mol. The van der Waals surface area contributed by atoms with Gasteiger partial charge in [-0.1, -0.05) is 6.92 Å². The van der Waals surface area contributed by atoms with Gasteiger partial charge in [0.15, 0.2) is 9.84 Å². The molecule has 1 aliphatic heterocycles. The first kappa shape index (κ1) is 21.4. The zero-order chi connectivity index (χ0) is 20.9. The van der Waals surface area contributed by atoms with Gasteiger partial charge in [-0.2, -0.15) is 4.98 Å². The maximum absolute atomic E-state index is 11.5. The van der Waals surface area contributed by atoms with E-state index in [9.17, 15) is 8.42 Å². The van der Waals surface area contributed by atoms with E-state index in [1.54, 1.807) is 43.6 Å². The Labute approximate surface area is 173 Å². The van der Waals surface area contributed by atoms with Crippen LogP contribution in [0.4, 0.5) is 5.95 Å². The number of methoxy groups -OCH3 is 1. The fraction of sp³-hybridized carbons (Fsp3) is 0.524. The van der Waals surface area contributed by atoms with E-state index in [0.717, 1.165) is 38.3 Å². The zero-order valence-electron chi connectivity index (χ0n) is 17.2. The first-order valence-electron chi connectivity index (χ1n) is 9.91. The SMILES string of the molecule is COc1ccnc(N2CCC([C@H](C)CCOc3ccc(S(C)(=O)=O)cc3)CC2)n1. The maximum atomic E-state index is 11.5. The molecule has 1 atom stereocenters. The van der Waals surface area contributed by atoms with E-state index in [4.69, 9.17) is 9.47 Å². The van der Waals surface area contributed by atoms with Crippen molar-refractivity contribution in [2.45, 2.75) is 31.1 Å². The summed E-state index contributed by atoms with van der Waals surface area (Å²) >= 11 is 0. The van der Waals surface area contributed by atoms with Crippen molar-refractivity contribution in [1.82, 2.24) is 9.97 Å². The molecule has 158 valence electrons. The van der Waals surface area contributed by atoms with E-state index in [1.807, 2.05) is 0 Å². The summed E-state index contributed by atoms with van der Waals surface area (Å²) in [5.41, 5.74) is 0. The van der Waals surface area contributed by atoms with Crippen LogP contribution in [0.3, 0.4) is 0 Å². The van der Waals surface area contributed by atoms with Gasteiger partial charge in [-0.3, -0.25) is 0 Å². The number of rotatable bonds is 8. The van der Waals surface area contributed by atoms with E-state index in [2.05, 4.69) is 21.8 Å². The van der Waals surface area contributed by atoms with Gasteiger partial charge in [0, 0.05) is 31.6 Å². The molecule has 29 heavy (non-hydrogen) atoms. The van der Waals surface area contributed by atoms with Crippen LogP contribution in [0.5, 0.6) is 11.6 Å². The lowest BCUT2D eigenvalue weighted by Gasteiger charge is -2.35. The Bertz CT molecular complexity index is 894. The normalized spacial score (nSPS) is 16.4. The topological polar surface area (TPSA) is 81.6 Å². The highest BCUT2D eigenvalue weighted by Crippen LogP contribution is 2.29. The minimum absolute atomic E-state index is 0.310. The highest BCUT2D eigenvalue weighted by atomic mass is 32.2. The van der Waals surface area contributed by atoms with Crippen LogP contribution in [0.1, 0.15) is 26.2 Å². The fourth-order valence-corrected chi connectivity index (χ4v) is 4.28. The number of aromatic nitrogens is 2. The molecule has 1 aliphatic rings. The molecule has 0 bridgehead atoms. The number of anilines is 1. The molecule has 1 fully saturated rings.